The fourth-order valence-electron chi connectivity index (χ4n) is 1.90. The van der Waals surface area contributed by atoms with E-state index in [0.29, 0.717) is 5.75 Å². The summed E-state index contributed by atoms with van der Waals surface area (Å²) in [5.41, 5.74) is 0. The molecule has 20 heavy (non-hydrogen) atoms. The molecular weight excluding hydrogens is 272 g/mol. The summed E-state index contributed by atoms with van der Waals surface area (Å²) >= 11 is 1.47. The Kier molecular flexibility index (Phi) is 8.37. The highest BCUT2D eigenvalue weighted by Crippen LogP contribution is 2.13. The first-order valence-corrected chi connectivity index (χ1v) is 8.25. The molecule has 1 rings (SSSR count). The van der Waals surface area contributed by atoms with Crippen LogP contribution in [0.1, 0.15) is 26.7 Å². The van der Waals surface area contributed by atoms with Crippen LogP contribution < -0.4 is 5.32 Å². The number of aromatic nitrogens is 2. The quantitative estimate of drug-likeness (QED) is 0.528. The minimum atomic E-state index is 0.0841. The van der Waals surface area contributed by atoms with E-state index in [4.69, 9.17) is 0 Å². The van der Waals surface area contributed by atoms with Gasteiger partial charge in [-0.2, -0.15) is 0 Å². The highest BCUT2D eigenvalue weighted by atomic mass is 32.2. The molecule has 0 radical (unpaired) electrons. The highest BCUT2D eigenvalue weighted by molar-refractivity contribution is 7.99. The van der Waals surface area contributed by atoms with Crippen molar-refractivity contribution in [3.63, 3.8) is 0 Å². The van der Waals surface area contributed by atoms with Gasteiger partial charge in [-0.1, -0.05) is 25.6 Å². The number of rotatable bonds is 10. The van der Waals surface area contributed by atoms with Gasteiger partial charge in [0.1, 0.15) is 0 Å². The zero-order valence-electron chi connectivity index (χ0n) is 12.8. The van der Waals surface area contributed by atoms with Crippen LogP contribution in [0.2, 0.25) is 0 Å². The second-order valence-electron chi connectivity index (χ2n) is 4.69. The van der Waals surface area contributed by atoms with Gasteiger partial charge in [0.15, 0.2) is 5.16 Å². The van der Waals surface area contributed by atoms with Crippen LogP contribution in [0, 0.1) is 0 Å². The van der Waals surface area contributed by atoms with E-state index in [9.17, 15) is 4.79 Å². The van der Waals surface area contributed by atoms with Crippen molar-refractivity contribution in [1.29, 1.82) is 0 Å². The Bertz CT molecular complexity index is 390. The summed E-state index contributed by atoms with van der Waals surface area (Å²) in [6, 6.07) is 0. The lowest BCUT2D eigenvalue weighted by molar-refractivity contribution is -0.118. The number of amides is 1. The molecule has 1 amide bonds. The summed E-state index contributed by atoms with van der Waals surface area (Å²) in [5, 5.41) is 3.84. The Labute approximate surface area is 126 Å². The molecule has 1 aromatic rings. The molecule has 0 saturated heterocycles. The van der Waals surface area contributed by atoms with Crippen molar-refractivity contribution in [3.05, 3.63) is 12.4 Å². The molecule has 0 bridgehead atoms. The molecule has 0 atom stereocenters. The van der Waals surface area contributed by atoms with Crippen molar-refractivity contribution in [1.82, 2.24) is 19.8 Å². The summed E-state index contributed by atoms with van der Waals surface area (Å²) in [4.78, 5) is 18.3. The molecular formula is C14H26N4OS. The SMILES string of the molecule is CCN(CC)CCCCNC(=O)CSc1nccn1C. The lowest BCUT2D eigenvalue weighted by Crippen LogP contribution is -2.28. The van der Waals surface area contributed by atoms with Gasteiger partial charge in [0.05, 0.1) is 5.75 Å². The molecule has 0 spiro atoms. The Morgan fingerprint density at radius 1 is 1.40 bits per heavy atom. The first kappa shape index (κ1) is 17.0. The number of thioether (sulfide) groups is 1. The minimum Gasteiger partial charge on any atom is -0.355 e. The lowest BCUT2D eigenvalue weighted by atomic mass is 10.3. The first-order chi connectivity index (χ1) is 9.67. The lowest BCUT2D eigenvalue weighted by Gasteiger charge is -2.17. The van der Waals surface area contributed by atoms with E-state index in [1.807, 2.05) is 17.8 Å². The third kappa shape index (κ3) is 6.43. The maximum absolute atomic E-state index is 11.7. The molecule has 0 aliphatic heterocycles. The van der Waals surface area contributed by atoms with Gasteiger partial charge in [0.25, 0.3) is 0 Å². The van der Waals surface area contributed by atoms with E-state index in [1.165, 1.54) is 11.8 Å². The number of unbranched alkanes of at least 4 members (excludes halogenated alkanes) is 1. The fraction of sp³-hybridized carbons (Fsp3) is 0.714. The molecule has 6 heteroatoms. The number of aryl methyl sites for hydroxylation is 1. The normalized spacial score (nSPS) is 11.0. The standard InChI is InChI=1S/C14H26N4OS/c1-4-18(5-2)10-7-6-8-15-13(19)12-20-14-16-9-11-17(14)3/h9,11H,4-8,10,12H2,1-3H3,(H,15,19). The highest BCUT2D eigenvalue weighted by Gasteiger charge is 2.05. The smallest absolute Gasteiger partial charge is 0.230 e. The Morgan fingerprint density at radius 2 is 2.15 bits per heavy atom. The molecule has 5 nitrogen and oxygen atoms in total. The van der Waals surface area contributed by atoms with Crippen LogP contribution in [0.5, 0.6) is 0 Å². The van der Waals surface area contributed by atoms with Crippen molar-refractivity contribution in [2.45, 2.75) is 31.8 Å². The molecule has 0 unspecified atom stereocenters. The maximum atomic E-state index is 11.7. The van der Waals surface area contributed by atoms with Gasteiger partial charge in [0, 0.05) is 26.0 Å². The molecule has 1 aromatic heterocycles. The number of hydrogen-bond acceptors (Lipinski definition) is 4. The van der Waals surface area contributed by atoms with E-state index in [2.05, 4.69) is 29.0 Å². The van der Waals surface area contributed by atoms with Gasteiger partial charge < -0.3 is 14.8 Å². The predicted octanol–water partition coefficient (Wildman–Crippen LogP) is 1.75. The third-order valence-corrected chi connectivity index (χ3v) is 4.29. The van der Waals surface area contributed by atoms with Crippen LogP contribution in [0.25, 0.3) is 0 Å². The minimum absolute atomic E-state index is 0.0841. The number of carbonyl (C=O) groups excluding carboxylic acids is 1. The summed E-state index contributed by atoms with van der Waals surface area (Å²) in [7, 11) is 1.93. The summed E-state index contributed by atoms with van der Waals surface area (Å²) in [5.74, 6) is 0.516. The Hall–Kier alpha value is -1.01. The number of nitrogens with one attached hydrogen (secondary N) is 1. The Morgan fingerprint density at radius 3 is 2.75 bits per heavy atom. The maximum Gasteiger partial charge on any atom is 0.230 e. The summed E-state index contributed by atoms with van der Waals surface area (Å²) in [6.07, 6.45) is 5.80. The van der Waals surface area contributed by atoms with Gasteiger partial charge in [0.2, 0.25) is 5.91 Å². The van der Waals surface area contributed by atoms with Crippen molar-refractivity contribution in [3.8, 4) is 0 Å². The van der Waals surface area contributed by atoms with Crippen LogP contribution in [-0.4, -0.2) is 52.3 Å². The van der Waals surface area contributed by atoms with Crippen LogP contribution >= 0.6 is 11.8 Å². The zero-order valence-corrected chi connectivity index (χ0v) is 13.6. The van der Waals surface area contributed by atoms with Gasteiger partial charge >= 0.3 is 0 Å². The number of nitrogens with zero attached hydrogens (tertiary/aromatic N) is 3. The van der Waals surface area contributed by atoms with Crippen LogP contribution in [0.4, 0.5) is 0 Å². The Balaban J connectivity index is 2.04. The third-order valence-electron chi connectivity index (χ3n) is 3.23. The number of carbonyl (C=O) groups is 1. The second kappa shape index (κ2) is 9.83. The summed E-state index contributed by atoms with van der Waals surface area (Å²) < 4.78 is 1.92. The molecule has 114 valence electrons. The molecule has 1 N–H and O–H groups in total. The van der Waals surface area contributed by atoms with Crippen LogP contribution in [0.3, 0.4) is 0 Å². The average molecular weight is 298 g/mol. The average Bonchev–Trinajstić information content (AvgIpc) is 2.86. The number of hydrogen-bond donors (Lipinski definition) is 1. The topological polar surface area (TPSA) is 50.2 Å². The van der Waals surface area contributed by atoms with E-state index in [-0.39, 0.29) is 5.91 Å². The van der Waals surface area contributed by atoms with Crippen molar-refractivity contribution >= 4 is 17.7 Å². The van der Waals surface area contributed by atoms with Crippen LogP contribution in [0.15, 0.2) is 17.6 Å². The van der Waals surface area contributed by atoms with E-state index >= 15 is 0 Å². The molecule has 1 heterocycles. The number of imidazole rings is 1. The molecule has 0 saturated carbocycles. The van der Waals surface area contributed by atoms with E-state index < -0.39 is 0 Å². The second-order valence-corrected chi connectivity index (χ2v) is 5.64. The molecule has 0 aliphatic carbocycles. The van der Waals surface area contributed by atoms with Crippen molar-refractivity contribution < 1.29 is 4.79 Å². The van der Waals surface area contributed by atoms with Crippen molar-refractivity contribution in [2.24, 2.45) is 7.05 Å². The zero-order chi connectivity index (χ0) is 14.8. The van der Waals surface area contributed by atoms with Gasteiger partial charge in [-0.15, -0.1) is 0 Å². The fourth-order valence-corrected chi connectivity index (χ4v) is 2.66. The predicted molar refractivity (Wildman–Crippen MR) is 84.0 cm³/mol. The van der Waals surface area contributed by atoms with E-state index in [1.54, 1.807) is 6.20 Å². The first-order valence-electron chi connectivity index (χ1n) is 7.26. The van der Waals surface area contributed by atoms with E-state index in [0.717, 1.165) is 44.2 Å². The summed E-state index contributed by atoms with van der Waals surface area (Å²) in [6.45, 7) is 8.44. The molecule has 0 aromatic carbocycles. The largest absolute Gasteiger partial charge is 0.355 e. The van der Waals surface area contributed by atoms with Gasteiger partial charge in [-0.25, -0.2) is 4.98 Å². The molecule has 0 fully saturated rings. The van der Waals surface area contributed by atoms with Crippen LogP contribution in [-0.2, 0) is 11.8 Å². The van der Waals surface area contributed by atoms with Gasteiger partial charge in [-0.05, 0) is 32.5 Å². The molecule has 0 aliphatic rings. The monoisotopic (exact) mass is 298 g/mol. The van der Waals surface area contributed by atoms with Crippen molar-refractivity contribution in [2.75, 3.05) is 31.9 Å². The van der Waals surface area contributed by atoms with Gasteiger partial charge in [-0.3, -0.25) is 4.79 Å².